The van der Waals surface area contributed by atoms with Crippen molar-refractivity contribution in [3.05, 3.63) is 23.2 Å². The Balaban J connectivity index is 1.97. The van der Waals surface area contributed by atoms with Crippen molar-refractivity contribution in [1.82, 2.24) is 0 Å². The fraction of sp³-hybridized carbons (Fsp3) is 0.500. The van der Waals surface area contributed by atoms with E-state index in [4.69, 9.17) is 11.6 Å². The molecule has 0 aromatic heterocycles. The Labute approximate surface area is 95.0 Å². The van der Waals surface area contributed by atoms with Crippen molar-refractivity contribution in [1.29, 1.82) is 0 Å². The highest BCUT2D eigenvalue weighted by Crippen LogP contribution is 2.46. The van der Waals surface area contributed by atoms with E-state index in [2.05, 4.69) is 23.6 Å². The Kier molecular flexibility index (Phi) is 1.90. The summed E-state index contributed by atoms with van der Waals surface area (Å²) in [5.41, 5.74) is 2.37. The first-order chi connectivity index (χ1) is 7.19. The van der Waals surface area contributed by atoms with Gasteiger partial charge in [0.15, 0.2) is 0 Å². The van der Waals surface area contributed by atoms with Crippen molar-refractivity contribution in [2.45, 2.75) is 25.3 Å². The van der Waals surface area contributed by atoms with Crippen LogP contribution in [-0.2, 0) is 0 Å². The zero-order valence-electron chi connectivity index (χ0n) is 8.81. The Bertz CT molecular complexity index is 401. The summed E-state index contributed by atoms with van der Waals surface area (Å²) in [7, 11) is 0. The standard InChI is InChI=1S/C12H15ClN2/c1-12(8-5-6-8)7-14-10-4-2-3-9(13)11(10)15-12/h2-4,8,14-15H,5-7H2,1H3. The van der Waals surface area contributed by atoms with E-state index in [9.17, 15) is 0 Å². The molecule has 1 atom stereocenters. The first kappa shape index (κ1) is 9.34. The predicted octanol–water partition coefficient (Wildman–Crippen LogP) is 3.35. The molecule has 0 saturated heterocycles. The molecule has 15 heavy (non-hydrogen) atoms. The van der Waals surface area contributed by atoms with E-state index in [0.717, 1.165) is 28.9 Å². The minimum Gasteiger partial charge on any atom is -0.381 e. The van der Waals surface area contributed by atoms with Crippen LogP contribution in [0.3, 0.4) is 0 Å². The average Bonchev–Trinajstić information content (AvgIpc) is 3.03. The minimum absolute atomic E-state index is 0.179. The Morgan fingerprint density at radius 1 is 1.40 bits per heavy atom. The van der Waals surface area contributed by atoms with Crippen molar-refractivity contribution in [2.24, 2.45) is 5.92 Å². The maximum absolute atomic E-state index is 6.19. The average molecular weight is 223 g/mol. The van der Waals surface area contributed by atoms with Crippen molar-refractivity contribution in [3.8, 4) is 0 Å². The lowest BCUT2D eigenvalue weighted by molar-refractivity contribution is 0.466. The van der Waals surface area contributed by atoms with Gasteiger partial charge in [-0.1, -0.05) is 17.7 Å². The molecular formula is C12H15ClN2. The van der Waals surface area contributed by atoms with Gasteiger partial charge in [0.25, 0.3) is 0 Å². The second-order valence-electron chi connectivity index (χ2n) is 4.83. The van der Waals surface area contributed by atoms with Crippen molar-refractivity contribution >= 4 is 23.0 Å². The van der Waals surface area contributed by atoms with Crippen LogP contribution in [0.2, 0.25) is 5.02 Å². The van der Waals surface area contributed by atoms with Gasteiger partial charge >= 0.3 is 0 Å². The molecule has 1 fully saturated rings. The molecule has 1 aliphatic heterocycles. The van der Waals surface area contributed by atoms with Gasteiger partial charge in [0.1, 0.15) is 0 Å². The summed E-state index contributed by atoms with van der Waals surface area (Å²) in [5.74, 6) is 0.800. The van der Waals surface area contributed by atoms with Gasteiger partial charge in [0, 0.05) is 6.54 Å². The van der Waals surface area contributed by atoms with Crippen LogP contribution in [0.5, 0.6) is 0 Å². The quantitative estimate of drug-likeness (QED) is 0.762. The molecule has 1 heterocycles. The van der Waals surface area contributed by atoms with E-state index in [0.29, 0.717) is 0 Å². The SMILES string of the molecule is CC1(C2CC2)CNc2cccc(Cl)c2N1. The molecule has 1 aromatic carbocycles. The zero-order valence-corrected chi connectivity index (χ0v) is 9.56. The Morgan fingerprint density at radius 2 is 2.20 bits per heavy atom. The van der Waals surface area contributed by atoms with Gasteiger partial charge in [-0.2, -0.15) is 0 Å². The summed E-state index contributed by atoms with van der Waals surface area (Å²) in [4.78, 5) is 0. The number of nitrogens with one attached hydrogen (secondary N) is 2. The van der Waals surface area contributed by atoms with Gasteiger partial charge in [-0.05, 0) is 37.8 Å². The van der Waals surface area contributed by atoms with E-state index >= 15 is 0 Å². The van der Waals surface area contributed by atoms with Crippen LogP contribution < -0.4 is 10.6 Å². The third-order valence-corrected chi connectivity index (χ3v) is 3.86. The highest BCUT2D eigenvalue weighted by atomic mass is 35.5. The summed E-state index contributed by atoms with van der Waals surface area (Å²) < 4.78 is 0. The molecule has 0 radical (unpaired) electrons. The normalized spacial score (nSPS) is 28.9. The smallest absolute Gasteiger partial charge is 0.0770 e. The molecule has 3 rings (SSSR count). The van der Waals surface area contributed by atoms with Crippen molar-refractivity contribution < 1.29 is 0 Å². The van der Waals surface area contributed by atoms with Gasteiger partial charge in [-0.25, -0.2) is 0 Å². The van der Waals surface area contributed by atoms with Gasteiger partial charge in [0.05, 0.1) is 21.9 Å². The van der Waals surface area contributed by atoms with E-state index in [1.165, 1.54) is 12.8 Å². The first-order valence-corrected chi connectivity index (χ1v) is 5.87. The Morgan fingerprint density at radius 3 is 2.93 bits per heavy atom. The van der Waals surface area contributed by atoms with Gasteiger partial charge < -0.3 is 10.6 Å². The lowest BCUT2D eigenvalue weighted by Gasteiger charge is -2.38. The molecule has 1 unspecified atom stereocenters. The molecule has 2 aliphatic rings. The number of rotatable bonds is 1. The zero-order chi connectivity index (χ0) is 10.5. The lowest BCUT2D eigenvalue weighted by atomic mass is 9.92. The van der Waals surface area contributed by atoms with Crippen LogP contribution in [0.4, 0.5) is 11.4 Å². The highest BCUT2D eigenvalue weighted by Gasteiger charge is 2.43. The third kappa shape index (κ3) is 1.48. The molecule has 1 aromatic rings. The van der Waals surface area contributed by atoms with Crippen molar-refractivity contribution in [3.63, 3.8) is 0 Å². The van der Waals surface area contributed by atoms with Crippen LogP contribution in [0.15, 0.2) is 18.2 Å². The van der Waals surface area contributed by atoms with Gasteiger partial charge in [-0.3, -0.25) is 0 Å². The maximum Gasteiger partial charge on any atom is 0.0770 e. The first-order valence-electron chi connectivity index (χ1n) is 5.50. The summed E-state index contributed by atoms with van der Waals surface area (Å²) >= 11 is 6.19. The number of fused-ring (bicyclic) bond motifs is 1. The molecular weight excluding hydrogens is 208 g/mol. The molecule has 3 heteroatoms. The van der Waals surface area contributed by atoms with E-state index < -0.39 is 0 Å². The molecule has 80 valence electrons. The van der Waals surface area contributed by atoms with E-state index in [-0.39, 0.29) is 5.54 Å². The number of para-hydroxylation sites is 1. The summed E-state index contributed by atoms with van der Waals surface area (Å²) in [5, 5.41) is 7.89. The number of benzene rings is 1. The topological polar surface area (TPSA) is 24.1 Å². The molecule has 2 nitrogen and oxygen atoms in total. The van der Waals surface area contributed by atoms with Crippen LogP contribution >= 0.6 is 11.6 Å². The summed E-state index contributed by atoms with van der Waals surface area (Å²) in [6, 6.07) is 5.99. The van der Waals surface area contributed by atoms with E-state index in [1.807, 2.05) is 12.1 Å². The number of hydrogen-bond donors (Lipinski definition) is 2. The van der Waals surface area contributed by atoms with Crippen LogP contribution in [-0.4, -0.2) is 12.1 Å². The number of anilines is 2. The molecule has 1 aliphatic carbocycles. The summed E-state index contributed by atoms with van der Waals surface area (Å²) in [6.45, 7) is 3.27. The Hall–Kier alpha value is -0.890. The van der Waals surface area contributed by atoms with Gasteiger partial charge in [0.2, 0.25) is 0 Å². The number of hydrogen-bond acceptors (Lipinski definition) is 2. The van der Waals surface area contributed by atoms with Crippen molar-refractivity contribution in [2.75, 3.05) is 17.2 Å². The molecule has 0 amide bonds. The maximum atomic E-state index is 6.19. The summed E-state index contributed by atoms with van der Waals surface area (Å²) in [6.07, 6.45) is 2.68. The molecule has 1 saturated carbocycles. The molecule has 0 bridgehead atoms. The molecule has 0 spiro atoms. The predicted molar refractivity (Wildman–Crippen MR) is 64.7 cm³/mol. The molecule has 2 N–H and O–H groups in total. The number of halogens is 1. The van der Waals surface area contributed by atoms with Gasteiger partial charge in [-0.15, -0.1) is 0 Å². The highest BCUT2D eigenvalue weighted by molar-refractivity contribution is 6.34. The monoisotopic (exact) mass is 222 g/mol. The minimum atomic E-state index is 0.179. The van der Waals surface area contributed by atoms with Crippen LogP contribution in [0.1, 0.15) is 19.8 Å². The van der Waals surface area contributed by atoms with Crippen LogP contribution in [0, 0.1) is 5.92 Å². The fourth-order valence-corrected chi connectivity index (χ4v) is 2.60. The third-order valence-electron chi connectivity index (χ3n) is 3.55. The van der Waals surface area contributed by atoms with Crippen LogP contribution in [0.25, 0.3) is 0 Å². The second-order valence-corrected chi connectivity index (χ2v) is 5.24. The second kappa shape index (κ2) is 3.05. The largest absolute Gasteiger partial charge is 0.381 e. The van der Waals surface area contributed by atoms with E-state index in [1.54, 1.807) is 0 Å². The fourth-order valence-electron chi connectivity index (χ4n) is 2.37. The lowest BCUT2D eigenvalue weighted by Crippen LogP contribution is -2.47.